The number of piperazine rings is 1. The van der Waals surface area contributed by atoms with Crippen molar-refractivity contribution in [2.24, 2.45) is 34.5 Å². The number of halogens is 3. The third kappa shape index (κ3) is 7.23. The number of alkyl halides is 2. The van der Waals surface area contributed by atoms with Gasteiger partial charge in [-0.05, 0) is 116 Å². The molecule has 8 rings (SSSR count). The third-order valence-electron chi connectivity index (χ3n) is 15.0. The number of ether oxygens (including phenoxy) is 1. The summed E-state index contributed by atoms with van der Waals surface area (Å²) in [4.78, 5) is 42.2. The number of fused-ring (bicyclic) bond motifs is 6. The molecular formula is C44H55F3N4O4. The number of nitrogens with one attached hydrogen (secondary N) is 1. The van der Waals surface area contributed by atoms with Crippen LogP contribution in [0.15, 0.2) is 47.3 Å². The SMILES string of the molecule is CC12CCC(F)(F)C[C@H]1CC[C@H]1[C@H]2CC[C@]2(C)[C@@H]1CC[C@H]2OCCCCC(=O)N1CCN(C(=O)c2cc(Cc3n[nH]c(=O)c4ccccc34)ccc2F)CC1. The third-order valence-corrected chi connectivity index (χ3v) is 15.0. The number of unbranched alkanes of at least 4 members (excludes halogenated alkanes) is 1. The number of hydrogen-bond donors (Lipinski definition) is 1. The first-order valence-electron chi connectivity index (χ1n) is 20.7. The van der Waals surface area contributed by atoms with Crippen molar-refractivity contribution in [2.75, 3.05) is 32.8 Å². The van der Waals surface area contributed by atoms with Gasteiger partial charge in [-0.25, -0.2) is 18.3 Å². The Bertz CT molecular complexity index is 1980. The number of carbonyl (C=O) groups excluding carboxylic acids is 2. The molecule has 4 saturated carbocycles. The Kier molecular flexibility index (Phi) is 10.4. The molecule has 2 amide bonds. The van der Waals surface area contributed by atoms with Crippen LogP contribution < -0.4 is 5.56 Å². The summed E-state index contributed by atoms with van der Waals surface area (Å²) >= 11 is 0. The highest BCUT2D eigenvalue weighted by molar-refractivity contribution is 5.95. The van der Waals surface area contributed by atoms with Crippen LogP contribution >= 0.6 is 0 Å². The second-order valence-electron chi connectivity index (χ2n) is 17.9. The van der Waals surface area contributed by atoms with Crippen molar-refractivity contribution in [3.05, 3.63) is 75.5 Å². The molecule has 55 heavy (non-hydrogen) atoms. The molecule has 0 radical (unpaired) electrons. The number of amides is 2. The topological polar surface area (TPSA) is 95.6 Å². The molecule has 7 atom stereocenters. The van der Waals surface area contributed by atoms with E-state index in [0.29, 0.717) is 91.8 Å². The van der Waals surface area contributed by atoms with Crippen LogP contribution in [-0.2, 0) is 16.0 Å². The first kappa shape index (κ1) is 38.2. The number of benzene rings is 2. The molecule has 1 aliphatic heterocycles. The molecule has 2 heterocycles. The van der Waals surface area contributed by atoms with E-state index in [4.69, 9.17) is 4.74 Å². The zero-order valence-corrected chi connectivity index (χ0v) is 32.3. The zero-order valence-electron chi connectivity index (χ0n) is 32.3. The van der Waals surface area contributed by atoms with E-state index in [9.17, 15) is 27.6 Å². The zero-order chi connectivity index (χ0) is 38.5. The highest BCUT2D eigenvalue weighted by atomic mass is 19.3. The number of H-pyrrole nitrogens is 1. The summed E-state index contributed by atoms with van der Waals surface area (Å²) in [5, 5.41) is 7.98. The minimum Gasteiger partial charge on any atom is -0.378 e. The smallest absolute Gasteiger partial charge is 0.272 e. The molecule has 0 spiro atoms. The Morgan fingerprint density at radius 1 is 0.873 bits per heavy atom. The average molecular weight is 761 g/mol. The van der Waals surface area contributed by atoms with E-state index in [1.165, 1.54) is 6.07 Å². The van der Waals surface area contributed by atoms with Crippen molar-refractivity contribution in [3.8, 4) is 0 Å². The Morgan fingerprint density at radius 3 is 2.42 bits per heavy atom. The van der Waals surface area contributed by atoms with Crippen molar-refractivity contribution in [3.63, 3.8) is 0 Å². The van der Waals surface area contributed by atoms with E-state index in [-0.39, 0.29) is 52.7 Å². The largest absolute Gasteiger partial charge is 0.378 e. The van der Waals surface area contributed by atoms with E-state index in [2.05, 4.69) is 24.0 Å². The molecule has 3 aromatic rings. The lowest BCUT2D eigenvalue weighted by Gasteiger charge is -2.61. The van der Waals surface area contributed by atoms with Crippen LogP contribution in [0.25, 0.3) is 10.8 Å². The number of hydrogen-bond acceptors (Lipinski definition) is 5. The molecule has 1 aromatic heterocycles. The van der Waals surface area contributed by atoms with Gasteiger partial charge in [0.25, 0.3) is 11.5 Å². The molecule has 296 valence electrons. The molecule has 1 saturated heterocycles. The predicted octanol–water partition coefficient (Wildman–Crippen LogP) is 8.17. The first-order valence-corrected chi connectivity index (χ1v) is 20.7. The van der Waals surface area contributed by atoms with Crippen LogP contribution in [0, 0.1) is 40.3 Å². The van der Waals surface area contributed by atoms with E-state index >= 15 is 0 Å². The van der Waals surface area contributed by atoms with Gasteiger partial charge >= 0.3 is 0 Å². The number of nitrogens with zero attached hydrogens (tertiary/aromatic N) is 3. The lowest BCUT2D eigenvalue weighted by atomic mass is 9.45. The molecule has 8 nitrogen and oxygen atoms in total. The van der Waals surface area contributed by atoms with E-state index in [1.807, 2.05) is 12.1 Å². The Hall–Kier alpha value is -3.73. The van der Waals surface area contributed by atoms with Gasteiger partial charge in [-0.15, -0.1) is 0 Å². The van der Waals surface area contributed by atoms with Crippen LogP contribution in [-0.4, -0.2) is 76.6 Å². The summed E-state index contributed by atoms with van der Waals surface area (Å²) < 4.78 is 50.2. The maximum atomic E-state index is 15.0. The number of carbonyl (C=O) groups is 2. The van der Waals surface area contributed by atoms with Gasteiger partial charge < -0.3 is 14.5 Å². The van der Waals surface area contributed by atoms with Crippen molar-refractivity contribution < 1.29 is 27.5 Å². The summed E-state index contributed by atoms with van der Waals surface area (Å²) in [6.45, 7) is 6.85. The monoisotopic (exact) mass is 760 g/mol. The van der Waals surface area contributed by atoms with Crippen LogP contribution in [0.2, 0.25) is 0 Å². The minimum absolute atomic E-state index is 0.0141. The molecule has 0 bridgehead atoms. The van der Waals surface area contributed by atoms with Gasteiger partial charge in [0.05, 0.1) is 22.7 Å². The second kappa shape index (κ2) is 15.0. The van der Waals surface area contributed by atoms with Crippen molar-refractivity contribution in [1.29, 1.82) is 0 Å². The maximum absolute atomic E-state index is 15.0. The second-order valence-corrected chi connectivity index (χ2v) is 17.9. The molecule has 2 aromatic carbocycles. The summed E-state index contributed by atoms with van der Waals surface area (Å²) in [5.74, 6) is -1.51. The van der Waals surface area contributed by atoms with Gasteiger partial charge in [-0.3, -0.25) is 14.4 Å². The summed E-state index contributed by atoms with van der Waals surface area (Å²) in [5.41, 5.74) is 1.22. The number of aromatic nitrogens is 2. The average Bonchev–Trinajstić information content (AvgIpc) is 3.52. The Morgan fingerprint density at radius 2 is 1.62 bits per heavy atom. The molecule has 1 unspecified atom stereocenters. The van der Waals surface area contributed by atoms with Crippen molar-refractivity contribution in [1.82, 2.24) is 20.0 Å². The van der Waals surface area contributed by atoms with Gasteiger partial charge in [0, 0.05) is 63.9 Å². The number of rotatable bonds is 9. The number of aromatic amines is 1. The van der Waals surface area contributed by atoms with E-state index in [0.717, 1.165) is 51.4 Å². The van der Waals surface area contributed by atoms with E-state index in [1.54, 1.807) is 34.1 Å². The molecule has 11 heteroatoms. The van der Waals surface area contributed by atoms with Crippen LogP contribution in [0.5, 0.6) is 0 Å². The normalized spacial score (nSPS) is 31.5. The lowest BCUT2D eigenvalue weighted by Crippen LogP contribution is -2.55. The molecule has 5 fully saturated rings. The van der Waals surface area contributed by atoms with Crippen molar-refractivity contribution >= 4 is 22.6 Å². The highest BCUT2D eigenvalue weighted by Gasteiger charge is 2.62. The fourth-order valence-electron chi connectivity index (χ4n) is 11.8. The summed E-state index contributed by atoms with van der Waals surface area (Å²) in [7, 11) is 0. The van der Waals surface area contributed by atoms with Gasteiger partial charge in [-0.2, -0.15) is 5.10 Å². The Balaban J connectivity index is 0.780. The van der Waals surface area contributed by atoms with Gasteiger partial charge in [-0.1, -0.05) is 38.1 Å². The molecule has 4 aliphatic carbocycles. The molecule has 5 aliphatic rings. The fourth-order valence-corrected chi connectivity index (χ4v) is 11.8. The maximum Gasteiger partial charge on any atom is 0.272 e. The Labute approximate surface area is 321 Å². The highest BCUT2D eigenvalue weighted by Crippen LogP contribution is 2.67. The van der Waals surface area contributed by atoms with Gasteiger partial charge in [0.1, 0.15) is 5.82 Å². The van der Waals surface area contributed by atoms with Crippen LogP contribution in [0.3, 0.4) is 0 Å². The standard InChI is InChI=1S/C44H55F3N4O4/c1-42-18-19-44(46,47)27-29(42)11-12-32-34-13-15-38(43(34,2)17-16-35(32)42)55-24-6-5-9-39(52)50-20-22-51(23-21-50)41(54)33-25-28(10-14-36(33)45)26-37-30-7-3-4-8-31(30)40(53)49-48-37/h3-4,7-8,10,14,25,29,32,34-35,38H,5-6,9,11-13,15-24,26-27H2,1-2H3,(H,49,53)/t29-,32-,34-,35-,38-,42?,43-/m1/s1. The molecular weight excluding hydrogens is 706 g/mol. The minimum atomic E-state index is -2.49. The predicted molar refractivity (Wildman–Crippen MR) is 204 cm³/mol. The first-order chi connectivity index (χ1) is 26.4. The van der Waals surface area contributed by atoms with Gasteiger partial charge in [0.2, 0.25) is 11.8 Å². The lowest BCUT2D eigenvalue weighted by molar-refractivity contribution is -0.169. The fraction of sp³-hybridized carbons (Fsp3) is 0.636. The quantitative estimate of drug-likeness (QED) is 0.222. The summed E-state index contributed by atoms with van der Waals surface area (Å²) in [6, 6.07) is 11.7. The van der Waals surface area contributed by atoms with Crippen LogP contribution in [0.4, 0.5) is 13.2 Å². The van der Waals surface area contributed by atoms with Crippen molar-refractivity contribution in [2.45, 2.75) is 109 Å². The molecule has 1 N–H and O–H groups in total. The van der Waals surface area contributed by atoms with Gasteiger partial charge in [0.15, 0.2) is 0 Å². The van der Waals surface area contributed by atoms with E-state index < -0.39 is 17.6 Å². The summed E-state index contributed by atoms with van der Waals surface area (Å²) in [6.07, 6.45) is 9.76. The van der Waals surface area contributed by atoms with Crippen LogP contribution in [0.1, 0.15) is 113 Å².